The first-order valence-corrected chi connectivity index (χ1v) is 6.86. The Morgan fingerprint density at radius 1 is 1.00 bits per heavy atom. The van der Waals surface area contributed by atoms with E-state index in [9.17, 15) is 0 Å². The summed E-state index contributed by atoms with van der Waals surface area (Å²) < 4.78 is 10.7. The van der Waals surface area contributed by atoms with Crippen molar-refractivity contribution in [3.8, 4) is 11.5 Å². The van der Waals surface area contributed by atoms with Crippen LogP contribution in [0, 0.1) is 0 Å². The number of hydrogen-bond acceptors (Lipinski definition) is 3. The highest BCUT2D eigenvalue weighted by atomic mass is 16.5. The average molecular weight is 269 g/mol. The molecule has 0 spiro atoms. The number of fused-ring (bicyclic) bond motifs is 1. The summed E-state index contributed by atoms with van der Waals surface area (Å²) in [6, 6.07) is 15.0. The minimum Gasteiger partial charge on any atom is -0.493 e. The summed E-state index contributed by atoms with van der Waals surface area (Å²) in [6.07, 6.45) is 1.08. The third-order valence-corrected chi connectivity index (χ3v) is 3.85. The van der Waals surface area contributed by atoms with Crippen molar-refractivity contribution in [1.29, 1.82) is 0 Å². The van der Waals surface area contributed by atoms with E-state index >= 15 is 0 Å². The normalized spacial score (nSPS) is 17.4. The van der Waals surface area contributed by atoms with Crippen LogP contribution in [0.5, 0.6) is 11.5 Å². The highest BCUT2D eigenvalue weighted by Crippen LogP contribution is 2.34. The van der Waals surface area contributed by atoms with Crippen molar-refractivity contribution in [2.45, 2.75) is 12.5 Å². The van der Waals surface area contributed by atoms with E-state index in [0.29, 0.717) is 0 Å². The van der Waals surface area contributed by atoms with Gasteiger partial charge in [-0.1, -0.05) is 30.3 Å². The zero-order valence-electron chi connectivity index (χ0n) is 11.8. The Balaban J connectivity index is 2.02. The molecule has 3 rings (SSSR count). The zero-order valence-corrected chi connectivity index (χ0v) is 11.8. The summed E-state index contributed by atoms with van der Waals surface area (Å²) in [5.74, 6) is 1.54. The van der Waals surface area contributed by atoms with Crippen molar-refractivity contribution in [2.75, 3.05) is 20.8 Å². The molecule has 0 fully saturated rings. The van der Waals surface area contributed by atoms with Gasteiger partial charge in [-0.3, -0.25) is 0 Å². The third-order valence-electron chi connectivity index (χ3n) is 3.85. The van der Waals surface area contributed by atoms with Gasteiger partial charge in [0, 0.05) is 6.54 Å². The molecule has 0 bridgehead atoms. The first-order chi connectivity index (χ1) is 9.83. The molecule has 20 heavy (non-hydrogen) atoms. The molecule has 2 aromatic rings. The van der Waals surface area contributed by atoms with Gasteiger partial charge in [-0.2, -0.15) is 0 Å². The van der Waals surface area contributed by atoms with Gasteiger partial charge >= 0.3 is 0 Å². The molecular weight excluding hydrogens is 250 g/mol. The molecule has 0 amide bonds. The minimum atomic E-state index is 0.222. The molecule has 3 heteroatoms. The number of ether oxygens (including phenoxy) is 2. The fourth-order valence-corrected chi connectivity index (χ4v) is 2.83. The number of nitrogens with one attached hydrogen (secondary N) is 1. The van der Waals surface area contributed by atoms with E-state index in [1.54, 1.807) is 14.2 Å². The van der Waals surface area contributed by atoms with Crippen LogP contribution >= 0.6 is 0 Å². The molecule has 3 nitrogen and oxygen atoms in total. The van der Waals surface area contributed by atoms with Crippen LogP contribution in [0.2, 0.25) is 0 Å². The van der Waals surface area contributed by atoms with E-state index in [0.717, 1.165) is 24.5 Å². The van der Waals surface area contributed by atoms with Gasteiger partial charge in [-0.25, -0.2) is 0 Å². The molecule has 1 aliphatic heterocycles. The Morgan fingerprint density at radius 3 is 2.60 bits per heavy atom. The smallest absolute Gasteiger partial charge is 0.161 e. The number of benzene rings is 2. The largest absolute Gasteiger partial charge is 0.493 e. The molecule has 0 aliphatic carbocycles. The van der Waals surface area contributed by atoms with Gasteiger partial charge in [0.05, 0.1) is 20.3 Å². The zero-order chi connectivity index (χ0) is 13.9. The SMILES string of the molecule is COc1ccc([C@@H]2NCCc3ccccc32)cc1OC. The van der Waals surface area contributed by atoms with Gasteiger partial charge in [0.1, 0.15) is 0 Å². The Morgan fingerprint density at radius 2 is 1.80 bits per heavy atom. The summed E-state index contributed by atoms with van der Waals surface area (Å²) in [7, 11) is 3.33. The van der Waals surface area contributed by atoms with Gasteiger partial charge in [-0.05, 0) is 35.2 Å². The van der Waals surface area contributed by atoms with Crippen molar-refractivity contribution in [1.82, 2.24) is 5.32 Å². The van der Waals surface area contributed by atoms with E-state index in [-0.39, 0.29) is 6.04 Å². The lowest BCUT2D eigenvalue weighted by Crippen LogP contribution is -2.30. The van der Waals surface area contributed by atoms with E-state index in [4.69, 9.17) is 9.47 Å². The Labute approximate surface area is 119 Å². The minimum absolute atomic E-state index is 0.222. The maximum Gasteiger partial charge on any atom is 0.161 e. The monoisotopic (exact) mass is 269 g/mol. The molecule has 1 N–H and O–H groups in total. The molecule has 1 atom stereocenters. The predicted molar refractivity (Wildman–Crippen MR) is 79.5 cm³/mol. The van der Waals surface area contributed by atoms with Crippen molar-refractivity contribution in [3.05, 3.63) is 59.2 Å². The lowest BCUT2D eigenvalue weighted by atomic mass is 9.90. The van der Waals surface area contributed by atoms with Crippen LogP contribution in [0.1, 0.15) is 22.7 Å². The molecule has 0 unspecified atom stereocenters. The van der Waals surface area contributed by atoms with Crippen molar-refractivity contribution in [3.63, 3.8) is 0 Å². The van der Waals surface area contributed by atoms with Crippen LogP contribution in [0.4, 0.5) is 0 Å². The van der Waals surface area contributed by atoms with Crippen molar-refractivity contribution in [2.24, 2.45) is 0 Å². The first kappa shape index (κ1) is 13.0. The van der Waals surface area contributed by atoms with E-state index in [2.05, 4.69) is 41.7 Å². The molecule has 0 saturated heterocycles. The molecule has 0 aromatic heterocycles. The lowest BCUT2D eigenvalue weighted by molar-refractivity contribution is 0.354. The van der Waals surface area contributed by atoms with E-state index in [1.165, 1.54) is 16.7 Å². The summed E-state index contributed by atoms with van der Waals surface area (Å²) in [4.78, 5) is 0. The molecular formula is C17H19NO2. The van der Waals surface area contributed by atoms with Gasteiger partial charge < -0.3 is 14.8 Å². The summed E-state index contributed by atoms with van der Waals surface area (Å²) in [5.41, 5.74) is 3.98. The number of hydrogen-bond donors (Lipinski definition) is 1. The molecule has 1 heterocycles. The maximum atomic E-state index is 5.40. The fraction of sp³-hybridized carbons (Fsp3) is 0.294. The highest BCUT2D eigenvalue weighted by molar-refractivity contribution is 5.47. The van der Waals surface area contributed by atoms with Crippen LogP contribution in [0.3, 0.4) is 0 Å². The van der Waals surface area contributed by atoms with Crippen LogP contribution in [0.25, 0.3) is 0 Å². The Hall–Kier alpha value is -2.00. The highest BCUT2D eigenvalue weighted by Gasteiger charge is 2.21. The van der Waals surface area contributed by atoms with Gasteiger partial charge in [0.2, 0.25) is 0 Å². The number of methoxy groups -OCH3 is 2. The summed E-state index contributed by atoms with van der Waals surface area (Å²) in [5, 5.41) is 3.58. The average Bonchev–Trinajstić information content (AvgIpc) is 2.53. The molecule has 0 saturated carbocycles. The first-order valence-electron chi connectivity index (χ1n) is 6.86. The second-order valence-electron chi connectivity index (χ2n) is 4.95. The second kappa shape index (κ2) is 5.55. The summed E-state index contributed by atoms with van der Waals surface area (Å²) >= 11 is 0. The topological polar surface area (TPSA) is 30.5 Å². The van der Waals surface area contributed by atoms with Gasteiger partial charge in [0.25, 0.3) is 0 Å². The van der Waals surface area contributed by atoms with Gasteiger partial charge in [0.15, 0.2) is 11.5 Å². The molecule has 0 radical (unpaired) electrons. The van der Waals surface area contributed by atoms with Crippen molar-refractivity contribution >= 4 is 0 Å². The standard InChI is InChI=1S/C17H19NO2/c1-19-15-8-7-13(11-16(15)20-2)17-14-6-4-3-5-12(14)9-10-18-17/h3-8,11,17-18H,9-10H2,1-2H3/t17-/m0/s1. The van der Waals surface area contributed by atoms with E-state index < -0.39 is 0 Å². The van der Waals surface area contributed by atoms with E-state index in [1.807, 2.05) is 6.07 Å². The van der Waals surface area contributed by atoms with Crippen LogP contribution in [-0.4, -0.2) is 20.8 Å². The second-order valence-corrected chi connectivity index (χ2v) is 4.95. The lowest BCUT2D eigenvalue weighted by Gasteiger charge is -2.27. The Bertz CT molecular complexity index is 610. The van der Waals surface area contributed by atoms with Crippen LogP contribution in [-0.2, 0) is 6.42 Å². The molecule has 1 aliphatic rings. The Kier molecular flexibility index (Phi) is 3.61. The van der Waals surface area contributed by atoms with Crippen LogP contribution in [0.15, 0.2) is 42.5 Å². The van der Waals surface area contributed by atoms with Crippen molar-refractivity contribution < 1.29 is 9.47 Å². The predicted octanol–water partition coefficient (Wildman–Crippen LogP) is 2.94. The van der Waals surface area contributed by atoms with Gasteiger partial charge in [-0.15, -0.1) is 0 Å². The summed E-state index contributed by atoms with van der Waals surface area (Å²) in [6.45, 7) is 0.996. The number of rotatable bonds is 3. The molecule has 104 valence electrons. The van der Waals surface area contributed by atoms with Crippen LogP contribution < -0.4 is 14.8 Å². The fourth-order valence-electron chi connectivity index (χ4n) is 2.83. The quantitative estimate of drug-likeness (QED) is 0.929. The third kappa shape index (κ3) is 2.25. The molecule has 2 aromatic carbocycles. The maximum absolute atomic E-state index is 5.40.